The number of phosphoric ester groups is 2. The van der Waals surface area contributed by atoms with Gasteiger partial charge < -0.3 is 33.8 Å². The van der Waals surface area contributed by atoms with Gasteiger partial charge in [-0.25, -0.2) is 9.13 Å². The van der Waals surface area contributed by atoms with Crippen molar-refractivity contribution >= 4 is 39.5 Å². The predicted octanol–water partition coefficient (Wildman–Crippen LogP) is 27.9. The second kappa shape index (κ2) is 82.6. The summed E-state index contributed by atoms with van der Waals surface area (Å²) in [6.07, 6.45) is 77.8. The lowest BCUT2D eigenvalue weighted by Crippen LogP contribution is -2.30. The van der Waals surface area contributed by atoms with Gasteiger partial charge in [0, 0.05) is 25.7 Å². The molecule has 0 aromatic carbocycles. The third kappa shape index (κ3) is 83.8. The SMILES string of the molecule is CCCCCCCCCCCCCCCCCCCCCCCCC(=O)O[C@H](COC(=O)CCCCCCCCCCCCCCCCCCC(C)C)COP(=O)(O)OC[C@@H](O)COP(=O)(O)OC[C@@H](COC(=O)CCCCCCCCCCCCC)OC(=O)CCCCCCCCCCCCCCCCCCC. The first-order valence-corrected chi connectivity index (χ1v) is 49.6. The zero-order chi connectivity index (χ0) is 79.7. The van der Waals surface area contributed by atoms with Gasteiger partial charge in [-0.1, -0.05) is 439 Å². The fraction of sp³-hybridized carbons (Fsp3) is 0.956. The first-order chi connectivity index (χ1) is 53.0. The van der Waals surface area contributed by atoms with Crippen LogP contribution >= 0.6 is 15.6 Å². The summed E-state index contributed by atoms with van der Waals surface area (Å²) in [4.78, 5) is 73.4. The van der Waals surface area contributed by atoms with Crippen molar-refractivity contribution in [2.75, 3.05) is 39.6 Å². The molecule has 0 saturated heterocycles. The molecule has 2 unspecified atom stereocenters. The largest absolute Gasteiger partial charge is 0.472 e. The minimum atomic E-state index is -4.97. The number of hydrogen-bond donors (Lipinski definition) is 3. The topological polar surface area (TPSA) is 237 Å². The number of ether oxygens (including phenoxy) is 4. The van der Waals surface area contributed by atoms with Crippen molar-refractivity contribution in [3.8, 4) is 0 Å². The van der Waals surface area contributed by atoms with Gasteiger partial charge in [-0.2, -0.15) is 0 Å². The summed E-state index contributed by atoms with van der Waals surface area (Å²) < 4.78 is 69.0. The van der Waals surface area contributed by atoms with Crippen LogP contribution in [0.5, 0.6) is 0 Å². The molecule has 648 valence electrons. The van der Waals surface area contributed by atoms with Crippen LogP contribution in [-0.4, -0.2) is 96.7 Å². The van der Waals surface area contributed by atoms with E-state index in [1.807, 2.05) is 0 Å². The Balaban J connectivity index is 5.23. The van der Waals surface area contributed by atoms with Gasteiger partial charge in [-0.15, -0.1) is 0 Å². The molecule has 0 amide bonds. The van der Waals surface area contributed by atoms with Crippen molar-refractivity contribution in [1.29, 1.82) is 0 Å². The minimum absolute atomic E-state index is 0.109. The van der Waals surface area contributed by atoms with Crippen LogP contribution in [0.3, 0.4) is 0 Å². The average molecular weight is 1590 g/mol. The quantitative estimate of drug-likeness (QED) is 0.0222. The molecule has 17 nitrogen and oxygen atoms in total. The lowest BCUT2D eigenvalue weighted by molar-refractivity contribution is -0.161. The van der Waals surface area contributed by atoms with Crippen LogP contribution in [0.1, 0.15) is 490 Å². The van der Waals surface area contributed by atoms with Crippen molar-refractivity contribution < 1.29 is 80.2 Å². The molecule has 0 spiro atoms. The highest BCUT2D eigenvalue weighted by molar-refractivity contribution is 7.47. The van der Waals surface area contributed by atoms with Gasteiger partial charge in [0.1, 0.15) is 19.3 Å². The van der Waals surface area contributed by atoms with E-state index in [0.29, 0.717) is 25.7 Å². The molecule has 0 aliphatic rings. The summed E-state index contributed by atoms with van der Waals surface area (Å²) >= 11 is 0. The molecule has 3 N–H and O–H groups in total. The molecule has 0 radical (unpaired) electrons. The van der Waals surface area contributed by atoms with Gasteiger partial charge in [-0.3, -0.25) is 37.3 Å². The Morgan fingerprint density at radius 2 is 0.422 bits per heavy atom. The molecule has 19 heteroatoms. The third-order valence-corrected chi connectivity index (χ3v) is 23.2. The van der Waals surface area contributed by atoms with Crippen LogP contribution in [-0.2, 0) is 65.4 Å². The van der Waals surface area contributed by atoms with Crippen molar-refractivity contribution in [2.24, 2.45) is 5.92 Å². The number of unbranched alkanes of at least 4 members (excludes halogenated alkanes) is 62. The number of phosphoric acid groups is 2. The molecule has 0 heterocycles. The van der Waals surface area contributed by atoms with Crippen LogP contribution in [0.4, 0.5) is 0 Å². The number of carbonyl (C=O) groups is 4. The summed E-state index contributed by atoms with van der Waals surface area (Å²) in [5.41, 5.74) is 0. The van der Waals surface area contributed by atoms with E-state index in [-0.39, 0.29) is 25.7 Å². The van der Waals surface area contributed by atoms with E-state index in [1.54, 1.807) is 0 Å². The summed E-state index contributed by atoms with van der Waals surface area (Å²) in [6, 6.07) is 0. The Hall–Kier alpha value is -1.94. The van der Waals surface area contributed by atoms with Gasteiger partial charge in [0.25, 0.3) is 0 Å². The zero-order valence-electron chi connectivity index (χ0n) is 71.7. The first kappa shape index (κ1) is 107. The Bertz CT molecular complexity index is 2070. The van der Waals surface area contributed by atoms with Gasteiger partial charge in [0.15, 0.2) is 12.2 Å². The molecule has 0 aromatic rings. The van der Waals surface area contributed by atoms with Gasteiger partial charge >= 0.3 is 39.5 Å². The molecular formula is C90H176O17P2. The van der Waals surface area contributed by atoms with Crippen LogP contribution in [0.15, 0.2) is 0 Å². The smallest absolute Gasteiger partial charge is 0.462 e. The van der Waals surface area contributed by atoms with Crippen LogP contribution < -0.4 is 0 Å². The standard InChI is InChI=1S/C90H176O17P2/c1-6-9-12-15-18-21-24-26-28-30-31-32-33-34-36-42-46-51-56-61-66-71-76-90(95)107-86(80-101-88(93)74-69-64-59-54-49-44-40-38-37-39-43-48-52-57-62-67-72-83(4)5)82-105-109(98,99)103-78-84(91)77-102-108(96,97)104-81-85(79-100-87(92)73-68-63-58-53-47-23-20-17-14-11-8-3)106-89(94)75-70-65-60-55-50-45-41-35-29-27-25-22-19-16-13-10-7-2/h83-86,91H,6-82H2,1-5H3,(H,96,97)(H,98,99)/t84-,85+,86+/m0/s1. The number of rotatable bonds is 90. The van der Waals surface area contributed by atoms with Crippen LogP contribution in [0.25, 0.3) is 0 Å². The van der Waals surface area contributed by atoms with E-state index in [2.05, 4.69) is 34.6 Å². The van der Waals surface area contributed by atoms with E-state index in [0.717, 1.165) is 95.8 Å². The number of hydrogen-bond acceptors (Lipinski definition) is 15. The highest BCUT2D eigenvalue weighted by Crippen LogP contribution is 2.45. The summed E-state index contributed by atoms with van der Waals surface area (Å²) in [5.74, 6) is -1.28. The number of esters is 4. The van der Waals surface area contributed by atoms with Crippen LogP contribution in [0.2, 0.25) is 0 Å². The molecule has 0 saturated carbocycles. The number of aliphatic hydroxyl groups excluding tert-OH is 1. The highest BCUT2D eigenvalue weighted by atomic mass is 31.2. The van der Waals surface area contributed by atoms with E-state index < -0.39 is 97.5 Å². The van der Waals surface area contributed by atoms with Crippen molar-refractivity contribution in [3.05, 3.63) is 0 Å². The lowest BCUT2D eigenvalue weighted by atomic mass is 10.0. The average Bonchev–Trinajstić information content (AvgIpc) is 0.900. The monoisotopic (exact) mass is 1590 g/mol. The van der Waals surface area contributed by atoms with Crippen molar-refractivity contribution in [2.45, 2.75) is 509 Å². The highest BCUT2D eigenvalue weighted by Gasteiger charge is 2.31. The Morgan fingerprint density at radius 1 is 0.248 bits per heavy atom. The van der Waals surface area contributed by atoms with E-state index in [4.69, 9.17) is 37.0 Å². The fourth-order valence-electron chi connectivity index (χ4n) is 14.2. The second-order valence-electron chi connectivity index (χ2n) is 32.8. The molecule has 0 fully saturated rings. The summed E-state index contributed by atoms with van der Waals surface area (Å²) in [5, 5.41) is 10.7. The Morgan fingerprint density at radius 3 is 0.624 bits per heavy atom. The second-order valence-corrected chi connectivity index (χ2v) is 35.7. The predicted molar refractivity (Wildman–Crippen MR) is 451 cm³/mol. The minimum Gasteiger partial charge on any atom is -0.462 e. The third-order valence-electron chi connectivity index (χ3n) is 21.3. The Labute approximate surface area is 670 Å². The van der Waals surface area contributed by atoms with E-state index >= 15 is 0 Å². The van der Waals surface area contributed by atoms with E-state index in [1.165, 1.54) is 315 Å². The fourth-order valence-corrected chi connectivity index (χ4v) is 15.8. The van der Waals surface area contributed by atoms with Crippen LogP contribution in [0, 0.1) is 5.92 Å². The summed E-state index contributed by atoms with van der Waals surface area (Å²) in [7, 11) is -9.93. The van der Waals surface area contributed by atoms with E-state index in [9.17, 15) is 43.2 Å². The molecule has 5 atom stereocenters. The molecule has 0 rings (SSSR count). The van der Waals surface area contributed by atoms with Gasteiger partial charge in [0.05, 0.1) is 26.4 Å². The normalized spacial score (nSPS) is 13.7. The lowest BCUT2D eigenvalue weighted by Gasteiger charge is -2.21. The zero-order valence-corrected chi connectivity index (χ0v) is 73.5. The molecule has 0 aromatic heterocycles. The maximum absolute atomic E-state index is 13.2. The molecule has 0 bridgehead atoms. The molecule has 0 aliphatic carbocycles. The molecule has 0 aliphatic heterocycles. The Kier molecular flexibility index (Phi) is 81.1. The maximum Gasteiger partial charge on any atom is 0.472 e. The van der Waals surface area contributed by atoms with Gasteiger partial charge in [0.2, 0.25) is 0 Å². The number of carbonyl (C=O) groups excluding carboxylic acids is 4. The summed E-state index contributed by atoms with van der Waals surface area (Å²) in [6.45, 7) is 7.42. The molecule has 109 heavy (non-hydrogen) atoms. The van der Waals surface area contributed by atoms with Gasteiger partial charge in [-0.05, 0) is 31.6 Å². The van der Waals surface area contributed by atoms with Crippen molar-refractivity contribution in [1.82, 2.24) is 0 Å². The first-order valence-electron chi connectivity index (χ1n) is 46.6. The molecular weight excluding hydrogens is 1410 g/mol. The maximum atomic E-state index is 13.2. The number of aliphatic hydroxyl groups is 1. The van der Waals surface area contributed by atoms with Crippen molar-refractivity contribution in [3.63, 3.8) is 0 Å².